The number of anilines is 1. The van der Waals surface area contributed by atoms with Gasteiger partial charge in [-0.05, 0) is 51.5 Å². The number of amides is 1. The van der Waals surface area contributed by atoms with E-state index in [0.29, 0.717) is 29.4 Å². The van der Waals surface area contributed by atoms with E-state index < -0.39 is 23.7 Å². The quantitative estimate of drug-likeness (QED) is 0.196. The Hall–Kier alpha value is -3.92. The molecule has 1 aliphatic rings. The lowest BCUT2D eigenvalue weighted by atomic mass is 9.99. The second-order valence-electron chi connectivity index (χ2n) is 8.13. The number of ketones is 1. The zero-order valence-electron chi connectivity index (χ0n) is 20.4. The minimum absolute atomic E-state index is 0.121. The number of aliphatic hydroxyl groups is 1. The fourth-order valence-electron chi connectivity index (χ4n) is 3.88. The van der Waals surface area contributed by atoms with Gasteiger partial charge in [-0.2, -0.15) is 0 Å². The summed E-state index contributed by atoms with van der Waals surface area (Å²) in [6, 6.07) is 8.92. The molecule has 10 heteroatoms. The highest BCUT2D eigenvalue weighted by Crippen LogP contribution is 2.44. The van der Waals surface area contributed by atoms with E-state index in [1.807, 2.05) is 6.92 Å². The zero-order chi connectivity index (χ0) is 26.0. The van der Waals surface area contributed by atoms with Crippen molar-refractivity contribution in [2.75, 3.05) is 18.1 Å². The summed E-state index contributed by atoms with van der Waals surface area (Å²) in [5.74, 6) is -1.35. The van der Waals surface area contributed by atoms with Crippen LogP contribution in [0.4, 0.5) is 5.13 Å². The Morgan fingerprint density at radius 1 is 1.19 bits per heavy atom. The van der Waals surface area contributed by atoms with E-state index in [1.165, 1.54) is 0 Å². The first-order valence-corrected chi connectivity index (χ1v) is 12.3. The number of aliphatic hydroxyl groups excluding tert-OH is 1. The van der Waals surface area contributed by atoms with E-state index in [2.05, 4.69) is 4.98 Å². The second-order valence-corrected chi connectivity index (χ2v) is 9.10. The number of hydrogen-bond donors (Lipinski definition) is 1. The van der Waals surface area contributed by atoms with Crippen LogP contribution in [-0.2, 0) is 14.3 Å². The van der Waals surface area contributed by atoms with E-state index >= 15 is 0 Å². The van der Waals surface area contributed by atoms with Crippen molar-refractivity contribution < 1.29 is 33.4 Å². The number of furan rings is 1. The summed E-state index contributed by atoms with van der Waals surface area (Å²) >= 11 is 0.938. The van der Waals surface area contributed by atoms with Crippen molar-refractivity contribution in [3.05, 3.63) is 69.6 Å². The molecule has 0 aliphatic carbocycles. The van der Waals surface area contributed by atoms with Gasteiger partial charge in [0, 0.05) is 5.56 Å². The van der Waals surface area contributed by atoms with Crippen LogP contribution in [0.15, 0.2) is 46.4 Å². The first-order chi connectivity index (χ1) is 17.3. The average molecular weight is 511 g/mol. The first kappa shape index (κ1) is 25.2. The molecule has 0 saturated carbocycles. The second kappa shape index (κ2) is 10.4. The summed E-state index contributed by atoms with van der Waals surface area (Å²) in [7, 11) is 0. The number of aromatic nitrogens is 1. The fourth-order valence-corrected chi connectivity index (χ4v) is 4.87. The predicted molar refractivity (Wildman–Crippen MR) is 133 cm³/mol. The number of esters is 1. The molecule has 4 rings (SSSR count). The van der Waals surface area contributed by atoms with E-state index in [1.54, 1.807) is 57.2 Å². The number of benzene rings is 1. The van der Waals surface area contributed by atoms with Crippen molar-refractivity contribution in [1.29, 1.82) is 0 Å². The molecular formula is C26H26N2O7S. The summed E-state index contributed by atoms with van der Waals surface area (Å²) < 4.78 is 16.5. The van der Waals surface area contributed by atoms with Gasteiger partial charge in [0.2, 0.25) is 0 Å². The molecule has 1 aromatic carbocycles. The number of carbonyl (C=O) groups excluding carboxylic acids is 3. The molecule has 0 bridgehead atoms. The Balaban J connectivity index is 1.85. The third-order valence-corrected chi connectivity index (χ3v) is 6.64. The maximum atomic E-state index is 13.3. The Morgan fingerprint density at radius 3 is 2.64 bits per heavy atom. The van der Waals surface area contributed by atoms with Crippen LogP contribution in [0.3, 0.4) is 0 Å². The molecule has 36 heavy (non-hydrogen) atoms. The number of ether oxygens (including phenoxy) is 2. The number of rotatable bonds is 8. The van der Waals surface area contributed by atoms with E-state index in [0.717, 1.165) is 22.7 Å². The van der Waals surface area contributed by atoms with Gasteiger partial charge < -0.3 is 19.0 Å². The van der Waals surface area contributed by atoms with Crippen LogP contribution < -0.4 is 9.64 Å². The highest BCUT2D eigenvalue weighted by atomic mass is 32.1. The largest absolute Gasteiger partial charge is 0.507 e. The molecule has 1 atom stereocenters. The SMILES string of the molecule is CCCOc1cccc(C(O)=C2C(=O)C(=O)N(c3nc(C)c(C(=O)OCC)s3)C2c2ccc(C)o2)c1. The number of nitrogens with zero attached hydrogens (tertiary/aromatic N) is 2. The smallest absolute Gasteiger partial charge is 0.350 e. The molecule has 1 aliphatic heterocycles. The van der Waals surface area contributed by atoms with Gasteiger partial charge in [-0.1, -0.05) is 30.4 Å². The van der Waals surface area contributed by atoms with E-state index in [9.17, 15) is 19.5 Å². The molecule has 3 heterocycles. The predicted octanol–water partition coefficient (Wildman–Crippen LogP) is 4.94. The van der Waals surface area contributed by atoms with Gasteiger partial charge in [0.1, 0.15) is 33.9 Å². The van der Waals surface area contributed by atoms with Gasteiger partial charge in [0.05, 0.1) is 24.5 Å². The van der Waals surface area contributed by atoms with E-state index in [4.69, 9.17) is 13.9 Å². The summed E-state index contributed by atoms with van der Waals surface area (Å²) in [5, 5.41) is 11.4. The lowest BCUT2D eigenvalue weighted by molar-refractivity contribution is -0.132. The van der Waals surface area contributed by atoms with Crippen molar-refractivity contribution in [1.82, 2.24) is 4.98 Å². The van der Waals surface area contributed by atoms with Crippen LogP contribution in [0, 0.1) is 13.8 Å². The monoisotopic (exact) mass is 510 g/mol. The zero-order valence-corrected chi connectivity index (χ0v) is 21.2. The normalized spacial score (nSPS) is 17.0. The molecular weight excluding hydrogens is 484 g/mol. The maximum absolute atomic E-state index is 13.3. The molecule has 1 N–H and O–H groups in total. The highest BCUT2D eigenvalue weighted by molar-refractivity contribution is 7.17. The van der Waals surface area contributed by atoms with Gasteiger partial charge in [-0.3, -0.25) is 14.5 Å². The molecule has 0 spiro atoms. The molecule has 0 radical (unpaired) electrons. The Kier molecular flexibility index (Phi) is 7.25. The maximum Gasteiger partial charge on any atom is 0.350 e. The number of carbonyl (C=O) groups is 3. The minimum atomic E-state index is -1.08. The molecule has 1 amide bonds. The van der Waals surface area contributed by atoms with Crippen molar-refractivity contribution in [3.8, 4) is 5.75 Å². The lowest BCUT2D eigenvalue weighted by Gasteiger charge is -2.20. The molecule has 3 aromatic rings. The number of thiazole rings is 1. The van der Waals surface area contributed by atoms with Crippen molar-refractivity contribution in [2.24, 2.45) is 0 Å². The standard InChI is InChI=1S/C26H26N2O7S/c1-5-12-34-17-9-7-8-16(13-17)21(29)19-20(18-11-10-14(3)35-18)28(24(31)22(19)30)26-27-15(4)23(36-26)25(32)33-6-2/h7-11,13,20,29H,5-6,12H2,1-4H3. The van der Waals surface area contributed by atoms with Crippen molar-refractivity contribution in [2.45, 2.75) is 40.2 Å². The third-order valence-electron chi connectivity index (χ3n) is 5.51. The van der Waals surface area contributed by atoms with Gasteiger partial charge in [-0.25, -0.2) is 9.78 Å². The highest BCUT2D eigenvalue weighted by Gasteiger charge is 2.50. The van der Waals surface area contributed by atoms with Crippen LogP contribution in [0.1, 0.15) is 58.8 Å². The third kappa shape index (κ3) is 4.64. The fraction of sp³-hybridized carbons (Fsp3) is 0.308. The van der Waals surface area contributed by atoms with Crippen molar-refractivity contribution in [3.63, 3.8) is 0 Å². The summed E-state index contributed by atoms with van der Waals surface area (Å²) in [5.41, 5.74) is 0.537. The number of Topliss-reactive ketones (excluding diaryl/α,β-unsaturated/α-hetero) is 1. The van der Waals surface area contributed by atoms with Crippen LogP contribution in [0.2, 0.25) is 0 Å². The van der Waals surface area contributed by atoms with Crippen LogP contribution >= 0.6 is 11.3 Å². The lowest BCUT2D eigenvalue weighted by Crippen LogP contribution is -2.29. The van der Waals surface area contributed by atoms with Gasteiger partial charge in [0.15, 0.2) is 5.13 Å². The van der Waals surface area contributed by atoms with Gasteiger partial charge >= 0.3 is 11.9 Å². The first-order valence-electron chi connectivity index (χ1n) is 11.5. The Labute approximate surface area is 212 Å². The molecule has 1 fully saturated rings. The molecule has 1 unspecified atom stereocenters. The van der Waals surface area contributed by atoms with Crippen molar-refractivity contribution >= 4 is 39.9 Å². The van der Waals surface area contributed by atoms with Gasteiger partial charge in [0.25, 0.3) is 5.78 Å². The average Bonchev–Trinajstić information content (AvgIpc) is 3.53. The Morgan fingerprint density at radius 2 is 1.97 bits per heavy atom. The minimum Gasteiger partial charge on any atom is -0.507 e. The van der Waals surface area contributed by atoms with Crippen LogP contribution in [-0.4, -0.2) is 41.0 Å². The number of hydrogen-bond acceptors (Lipinski definition) is 9. The summed E-state index contributed by atoms with van der Waals surface area (Å²) in [6.07, 6.45) is 0.806. The molecule has 188 valence electrons. The van der Waals surface area contributed by atoms with Gasteiger partial charge in [-0.15, -0.1) is 0 Å². The van der Waals surface area contributed by atoms with Crippen LogP contribution in [0.5, 0.6) is 5.75 Å². The summed E-state index contributed by atoms with van der Waals surface area (Å²) in [4.78, 5) is 44.7. The van der Waals surface area contributed by atoms with Crippen LogP contribution in [0.25, 0.3) is 5.76 Å². The molecule has 2 aromatic heterocycles. The molecule has 1 saturated heterocycles. The number of aryl methyl sites for hydroxylation is 2. The summed E-state index contributed by atoms with van der Waals surface area (Å²) in [6.45, 7) is 7.70. The molecule has 9 nitrogen and oxygen atoms in total. The van der Waals surface area contributed by atoms with E-state index in [-0.39, 0.29) is 33.7 Å². The topological polar surface area (TPSA) is 119 Å². The Bertz CT molecular complexity index is 1350.